The predicted molar refractivity (Wildman–Crippen MR) is 230 cm³/mol. The van der Waals surface area contributed by atoms with Crippen LogP contribution in [0, 0.1) is 0 Å². The average molecular weight is 914 g/mol. The van der Waals surface area contributed by atoms with Gasteiger partial charge in [0.2, 0.25) is 27.2 Å². The third kappa shape index (κ3) is 21.4. The first-order valence-corrected chi connectivity index (χ1v) is 20.7. The van der Waals surface area contributed by atoms with Gasteiger partial charge in [-0.3, -0.25) is 24.0 Å². The smallest absolute Gasteiger partial charge is 0.412 e. The molecule has 0 bridgehead atoms. The van der Waals surface area contributed by atoms with E-state index >= 15 is 0 Å². The van der Waals surface area contributed by atoms with Crippen LogP contribution >= 0.6 is 0 Å². The van der Waals surface area contributed by atoms with E-state index in [-0.39, 0.29) is 71.2 Å². The molecule has 0 saturated heterocycles. The van der Waals surface area contributed by atoms with E-state index in [1.807, 2.05) is 0 Å². The van der Waals surface area contributed by atoms with Crippen LogP contribution in [0.2, 0.25) is 0 Å². The van der Waals surface area contributed by atoms with Crippen LogP contribution in [0.1, 0.15) is 35.1 Å². The molecule has 4 aromatic carbocycles. The minimum atomic E-state index is -0.999. The van der Waals surface area contributed by atoms with Crippen LogP contribution < -0.4 is 5.32 Å². The van der Waals surface area contributed by atoms with Crippen molar-refractivity contribution in [1.29, 1.82) is 0 Å². The highest BCUT2D eigenvalue weighted by Gasteiger charge is 2.22. The molecule has 0 heterocycles. The number of alkyl carbamates (subject to hydrolysis) is 1. The lowest BCUT2D eigenvalue weighted by Gasteiger charge is -2.27. The number of carbonyl (C=O) groups is 8. The molecule has 3 amide bonds. The highest BCUT2D eigenvalue weighted by atomic mass is 16.7. The Morgan fingerprint density at radius 3 is 1.06 bits per heavy atom. The molecule has 0 atom stereocenters. The Labute approximate surface area is 380 Å². The standard InChI is InChI=1S/C47H51N3O16/c51-40(59-32-60-41(52)28-36-14-5-1-6-15-36)22-13-24-49(46(57)65-34-62-43(54)30-38-18-9-3-10-19-38)26-27-50(47(58)66-35-63-44(55)31-39-20-11-4-12-21-39)25-23-48-45(56)64-33-61-42(53)29-37-16-7-2-8-17-37/h1-12,14-21H,13,22-35H2,(H,48,56). The number of nitrogens with one attached hydrogen (secondary N) is 1. The van der Waals surface area contributed by atoms with E-state index in [1.165, 1.54) is 0 Å². The van der Waals surface area contributed by atoms with E-state index in [9.17, 15) is 38.4 Å². The number of ether oxygens (including phenoxy) is 8. The van der Waals surface area contributed by atoms with Crippen LogP contribution in [-0.4, -0.2) is 118 Å². The summed E-state index contributed by atoms with van der Waals surface area (Å²) in [6.07, 6.45) is -3.37. The van der Waals surface area contributed by atoms with Gasteiger partial charge in [-0.1, -0.05) is 121 Å². The van der Waals surface area contributed by atoms with Gasteiger partial charge < -0.3 is 53.0 Å². The normalized spacial score (nSPS) is 10.3. The molecule has 0 saturated carbocycles. The lowest BCUT2D eigenvalue weighted by atomic mass is 10.2. The number of esters is 5. The van der Waals surface area contributed by atoms with Crippen LogP contribution in [0.5, 0.6) is 0 Å². The maximum Gasteiger partial charge on any atom is 0.412 e. The van der Waals surface area contributed by atoms with Crippen molar-refractivity contribution in [3.8, 4) is 0 Å². The van der Waals surface area contributed by atoms with Crippen molar-refractivity contribution in [3.05, 3.63) is 144 Å². The molecule has 0 radical (unpaired) electrons. The average Bonchev–Trinajstić information content (AvgIpc) is 3.30. The van der Waals surface area contributed by atoms with Gasteiger partial charge in [0.05, 0.1) is 25.7 Å². The maximum atomic E-state index is 13.3. The summed E-state index contributed by atoms with van der Waals surface area (Å²) in [5.74, 6) is -3.30. The molecule has 0 fully saturated rings. The molecule has 0 aliphatic rings. The Hall–Kier alpha value is -7.96. The lowest BCUT2D eigenvalue weighted by molar-refractivity contribution is -0.167. The fourth-order valence-electron chi connectivity index (χ4n) is 5.70. The largest absolute Gasteiger partial charge is 0.428 e. The number of hydrogen-bond acceptors (Lipinski definition) is 16. The van der Waals surface area contributed by atoms with Crippen LogP contribution in [0.15, 0.2) is 121 Å². The van der Waals surface area contributed by atoms with Gasteiger partial charge in [-0.15, -0.1) is 0 Å². The number of amides is 3. The molecule has 4 rings (SSSR count). The van der Waals surface area contributed by atoms with Gasteiger partial charge in [-0.05, 0) is 28.7 Å². The van der Waals surface area contributed by atoms with E-state index in [0.29, 0.717) is 22.3 Å². The van der Waals surface area contributed by atoms with Crippen molar-refractivity contribution in [2.24, 2.45) is 0 Å². The van der Waals surface area contributed by atoms with Crippen LogP contribution in [0.25, 0.3) is 0 Å². The van der Waals surface area contributed by atoms with E-state index in [2.05, 4.69) is 5.32 Å². The zero-order chi connectivity index (χ0) is 47.2. The van der Waals surface area contributed by atoms with Gasteiger partial charge in [0, 0.05) is 39.1 Å². The minimum absolute atomic E-state index is 0.0187. The molecular weight excluding hydrogens is 863 g/mol. The van der Waals surface area contributed by atoms with Gasteiger partial charge in [0.25, 0.3) is 0 Å². The Morgan fingerprint density at radius 2 is 0.682 bits per heavy atom. The predicted octanol–water partition coefficient (Wildman–Crippen LogP) is 4.89. The van der Waals surface area contributed by atoms with E-state index in [1.54, 1.807) is 121 Å². The van der Waals surface area contributed by atoms with Crippen molar-refractivity contribution in [3.63, 3.8) is 0 Å². The third-order valence-corrected chi connectivity index (χ3v) is 9.04. The molecule has 350 valence electrons. The molecule has 0 aliphatic carbocycles. The summed E-state index contributed by atoms with van der Waals surface area (Å²) in [7, 11) is 0. The van der Waals surface area contributed by atoms with E-state index in [4.69, 9.17) is 37.9 Å². The Kier molecular flexibility index (Phi) is 22.6. The number of rotatable bonds is 26. The fraction of sp³-hybridized carbons (Fsp3) is 0.319. The molecule has 0 aromatic heterocycles. The molecular formula is C47H51N3O16. The molecule has 19 nitrogen and oxygen atoms in total. The van der Waals surface area contributed by atoms with Gasteiger partial charge in [-0.2, -0.15) is 0 Å². The van der Waals surface area contributed by atoms with Crippen molar-refractivity contribution in [2.75, 3.05) is 59.9 Å². The first kappa shape index (κ1) is 50.7. The highest BCUT2D eigenvalue weighted by molar-refractivity contribution is 5.75. The van der Waals surface area contributed by atoms with Crippen molar-refractivity contribution in [1.82, 2.24) is 15.1 Å². The first-order chi connectivity index (χ1) is 32.0. The molecule has 66 heavy (non-hydrogen) atoms. The molecule has 0 unspecified atom stereocenters. The topological polar surface area (TPSA) is 229 Å². The maximum absolute atomic E-state index is 13.3. The fourth-order valence-corrected chi connectivity index (χ4v) is 5.70. The summed E-state index contributed by atoms with van der Waals surface area (Å²) in [4.78, 5) is 103. The van der Waals surface area contributed by atoms with Gasteiger partial charge in [0.1, 0.15) is 0 Å². The summed E-state index contributed by atoms with van der Waals surface area (Å²) < 4.78 is 40.5. The second-order valence-electron chi connectivity index (χ2n) is 14.0. The molecule has 1 N–H and O–H groups in total. The minimum Gasteiger partial charge on any atom is -0.428 e. The van der Waals surface area contributed by atoms with Gasteiger partial charge in [-0.25, -0.2) is 14.4 Å². The van der Waals surface area contributed by atoms with Crippen molar-refractivity contribution >= 4 is 48.1 Å². The Bertz CT molecular complexity index is 1990. The number of benzene rings is 4. The number of nitrogens with zero attached hydrogens (tertiary/aromatic N) is 2. The monoisotopic (exact) mass is 913 g/mol. The summed E-state index contributed by atoms with van der Waals surface area (Å²) in [6.45, 7) is -3.87. The van der Waals surface area contributed by atoms with E-state index < -0.39 is 75.3 Å². The van der Waals surface area contributed by atoms with Crippen molar-refractivity contribution < 1.29 is 76.3 Å². The SMILES string of the molecule is O=C(CCCN(CCN(CCNC(=O)OCOC(=O)Cc1ccccc1)C(=O)OCOC(=O)Cc1ccccc1)C(=O)OCOC(=O)Cc1ccccc1)OCOC(=O)Cc1ccccc1. The summed E-state index contributed by atoms with van der Waals surface area (Å²) in [5, 5.41) is 2.42. The zero-order valence-electron chi connectivity index (χ0n) is 36.1. The molecule has 4 aromatic rings. The van der Waals surface area contributed by atoms with Crippen LogP contribution in [0.4, 0.5) is 14.4 Å². The second kappa shape index (κ2) is 29.4. The second-order valence-corrected chi connectivity index (χ2v) is 14.0. The van der Waals surface area contributed by atoms with Crippen LogP contribution in [0.3, 0.4) is 0 Å². The zero-order valence-corrected chi connectivity index (χ0v) is 36.1. The summed E-state index contributed by atoms with van der Waals surface area (Å²) in [6, 6.07) is 35.1. The quantitative estimate of drug-likeness (QED) is 0.0502. The first-order valence-electron chi connectivity index (χ1n) is 20.7. The van der Waals surface area contributed by atoms with Gasteiger partial charge >= 0.3 is 48.1 Å². The van der Waals surface area contributed by atoms with Crippen molar-refractivity contribution in [2.45, 2.75) is 38.5 Å². The summed E-state index contributed by atoms with van der Waals surface area (Å²) >= 11 is 0. The summed E-state index contributed by atoms with van der Waals surface area (Å²) in [5.41, 5.74) is 2.77. The van der Waals surface area contributed by atoms with E-state index in [0.717, 1.165) is 9.80 Å². The Morgan fingerprint density at radius 1 is 0.364 bits per heavy atom. The third-order valence-electron chi connectivity index (χ3n) is 9.04. The lowest BCUT2D eigenvalue weighted by Crippen LogP contribution is -2.45. The molecule has 19 heteroatoms. The molecule has 0 aliphatic heterocycles. The Balaban J connectivity index is 1.32. The highest BCUT2D eigenvalue weighted by Crippen LogP contribution is 2.08. The molecule has 0 spiro atoms. The van der Waals surface area contributed by atoms with Crippen LogP contribution in [-0.2, 0) is 87.6 Å². The van der Waals surface area contributed by atoms with Gasteiger partial charge in [0.15, 0.2) is 0 Å². The number of carbonyl (C=O) groups excluding carboxylic acids is 8. The number of hydrogen-bond donors (Lipinski definition) is 1.